The summed E-state index contributed by atoms with van der Waals surface area (Å²) in [5.74, 6) is -0.474. The van der Waals surface area contributed by atoms with Crippen LogP contribution in [0.25, 0.3) is 0 Å². The second-order valence-corrected chi connectivity index (χ2v) is 6.45. The van der Waals surface area contributed by atoms with E-state index in [2.05, 4.69) is 9.46 Å². The average molecular weight is 366 g/mol. The Morgan fingerprint density at radius 1 is 1.12 bits per heavy atom. The molecule has 1 N–H and O–H groups in total. The van der Waals surface area contributed by atoms with E-state index in [4.69, 9.17) is 4.74 Å². The lowest BCUT2D eigenvalue weighted by atomic mass is 10.2. The molecule has 0 fully saturated rings. The highest BCUT2D eigenvalue weighted by molar-refractivity contribution is 7.92. The number of hydrogen-bond donors (Lipinski definition) is 1. The Morgan fingerprint density at radius 3 is 2.28 bits per heavy atom. The van der Waals surface area contributed by atoms with E-state index in [1.807, 2.05) is 0 Å². The number of anilines is 1. The molecule has 9 nitrogen and oxygen atoms in total. The van der Waals surface area contributed by atoms with Crippen molar-refractivity contribution in [3.8, 4) is 5.75 Å². The summed E-state index contributed by atoms with van der Waals surface area (Å²) in [4.78, 5) is 21.5. The van der Waals surface area contributed by atoms with Crippen LogP contribution in [0, 0.1) is 10.1 Å². The van der Waals surface area contributed by atoms with E-state index in [0.29, 0.717) is 0 Å². The van der Waals surface area contributed by atoms with Crippen LogP contribution >= 0.6 is 0 Å². The highest BCUT2D eigenvalue weighted by Crippen LogP contribution is 2.30. The van der Waals surface area contributed by atoms with Crippen molar-refractivity contribution in [2.75, 3.05) is 18.9 Å². The van der Waals surface area contributed by atoms with Crippen molar-refractivity contribution in [1.82, 2.24) is 0 Å². The van der Waals surface area contributed by atoms with Crippen LogP contribution in [0.2, 0.25) is 0 Å². The van der Waals surface area contributed by atoms with Crippen molar-refractivity contribution in [2.45, 2.75) is 4.90 Å². The first-order chi connectivity index (χ1) is 11.8. The molecule has 2 rings (SSSR count). The van der Waals surface area contributed by atoms with Gasteiger partial charge in [0.05, 0.1) is 35.3 Å². The van der Waals surface area contributed by atoms with E-state index in [-0.39, 0.29) is 27.6 Å². The van der Waals surface area contributed by atoms with Gasteiger partial charge in [-0.25, -0.2) is 13.2 Å². The van der Waals surface area contributed by atoms with Gasteiger partial charge in [0.1, 0.15) is 5.75 Å². The van der Waals surface area contributed by atoms with E-state index in [0.717, 1.165) is 6.07 Å². The van der Waals surface area contributed by atoms with E-state index < -0.39 is 20.9 Å². The number of sulfonamides is 1. The quantitative estimate of drug-likeness (QED) is 0.472. The summed E-state index contributed by atoms with van der Waals surface area (Å²) in [6, 6.07) is 8.57. The molecule has 0 aliphatic heterocycles. The Labute approximate surface area is 143 Å². The Kier molecular flexibility index (Phi) is 5.22. The fraction of sp³-hybridized carbons (Fsp3) is 0.133. The predicted molar refractivity (Wildman–Crippen MR) is 88.2 cm³/mol. The molecule has 0 saturated carbocycles. The van der Waals surface area contributed by atoms with Gasteiger partial charge in [0.2, 0.25) is 0 Å². The zero-order chi connectivity index (χ0) is 18.6. The highest BCUT2D eigenvalue weighted by atomic mass is 32.2. The van der Waals surface area contributed by atoms with Crippen LogP contribution in [0.3, 0.4) is 0 Å². The fourth-order valence-corrected chi connectivity index (χ4v) is 3.04. The van der Waals surface area contributed by atoms with Crippen LogP contribution in [-0.4, -0.2) is 33.5 Å². The maximum absolute atomic E-state index is 12.4. The molecule has 0 unspecified atom stereocenters. The van der Waals surface area contributed by atoms with Crippen molar-refractivity contribution in [3.05, 3.63) is 58.1 Å². The van der Waals surface area contributed by atoms with Gasteiger partial charge < -0.3 is 9.47 Å². The van der Waals surface area contributed by atoms with Crippen LogP contribution in [0.5, 0.6) is 5.75 Å². The van der Waals surface area contributed by atoms with Crippen molar-refractivity contribution in [3.63, 3.8) is 0 Å². The number of nitro groups is 1. The largest absolute Gasteiger partial charge is 0.495 e. The van der Waals surface area contributed by atoms with Crippen LogP contribution < -0.4 is 9.46 Å². The minimum Gasteiger partial charge on any atom is -0.495 e. The second-order valence-electron chi connectivity index (χ2n) is 4.76. The number of benzene rings is 2. The molecular weight excluding hydrogens is 352 g/mol. The average Bonchev–Trinajstić information content (AvgIpc) is 2.60. The molecule has 132 valence electrons. The molecule has 0 aromatic heterocycles. The number of nitro benzene ring substituents is 1. The molecule has 10 heteroatoms. The third-order valence-corrected chi connectivity index (χ3v) is 4.61. The van der Waals surface area contributed by atoms with Gasteiger partial charge in [-0.05, 0) is 30.3 Å². The zero-order valence-corrected chi connectivity index (χ0v) is 14.1. The van der Waals surface area contributed by atoms with Crippen LogP contribution in [0.4, 0.5) is 11.4 Å². The maximum Gasteiger partial charge on any atom is 0.337 e. The molecule has 0 aliphatic carbocycles. The molecule has 0 spiro atoms. The van der Waals surface area contributed by atoms with Gasteiger partial charge in [-0.2, -0.15) is 0 Å². The van der Waals surface area contributed by atoms with Gasteiger partial charge in [-0.15, -0.1) is 0 Å². The van der Waals surface area contributed by atoms with E-state index in [1.54, 1.807) is 0 Å². The molecular formula is C15H14N2O7S. The zero-order valence-electron chi connectivity index (χ0n) is 13.3. The van der Waals surface area contributed by atoms with E-state index in [9.17, 15) is 23.3 Å². The highest BCUT2D eigenvalue weighted by Gasteiger charge is 2.19. The molecule has 0 saturated heterocycles. The topological polar surface area (TPSA) is 125 Å². The fourth-order valence-electron chi connectivity index (χ4n) is 1.98. The lowest BCUT2D eigenvalue weighted by molar-refractivity contribution is -0.384. The number of nitrogens with zero attached hydrogens (tertiary/aromatic N) is 1. The number of rotatable bonds is 6. The Balaban J connectivity index is 2.36. The summed E-state index contributed by atoms with van der Waals surface area (Å²) in [5, 5.41) is 10.9. The molecule has 0 aliphatic rings. The Morgan fingerprint density at radius 2 is 1.76 bits per heavy atom. The molecule has 0 atom stereocenters. The molecule has 2 aromatic rings. The third kappa shape index (κ3) is 4.04. The van der Waals surface area contributed by atoms with E-state index >= 15 is 0 Å². The second kappa shape index (κ2) is 7.18. The summed E-state index contributed by atoms with van der Waals surface area (Å²) >= 11 is 0. The Bertz CT molecular complexity index is 908. The van der Waals surface area contributed by atoms with Crippen molar-refractivity contribution in [2.24, 2.45) is 0 Å². The number of carbonyl (C=O) groups is 1. The van der Waals surface area contributed by atoms with Gasteiger partial charge in [0.15, 0.2) is 0 Å². The lowest BCUT2D eigenvalue weighted by Crippen LogP contribution is -2.14. The normalized spacial score (nSPS) is 10.8. The standard InChI is InChI=1S/C15H14N2O7S/c1-23-14-8-5-11(17(19)20)9-13(14)16-25(21,22)12-6-3-10(4-7-12)15(18)24-2/h3-9,16H,1-2H3. The maximum atomic E-state index is 12.4. The summed E-state index contributed by atoms with van der Waals surface area (Å²) < 4.78 is 36.7. The molecule has 2 aromatic carbocycles. The molecule has 0 bridgehead atoms. The van der Waals surface area contributed by atoms with Gasteiger partial charge in [0.25, 0.3) is 15.7 Å². The minimum atomic E-state index is -4.04. The summed E-state index contributed by atoms with van der Waals surface area (Å²) in [7, 11) is -1.52. The Hall–Kier alpha value is -3.14. The first kappa shape index (κ1) is 18.2. The monoisotopic (exact) mass is 366 g/mol. The number of esters is 1. The van der Waals surface area contributed by atoms with Gasteiger partial charge >= 0.3 is 5.97 Å². The smallest absolute Gasteiger partial charge is 0.337 e. The third-order valence-electron chi connectivity index (χ3n) is 3.22. The molecule has 0 amide bonds. The van der Waals surface area contributed by atoms with Crippen molar-refractivity contribution in [1.29, 1.82) is 0 Å². The van der Waals surface area contributed by atoms with E-state index in [1.165, 1.54) is 50.6 Å². The first-order valence-corrected chi connectivity index (χ1v) is 8.30. The lowest BCUT2D eigenvalue weighted by Gasteiger charge is -2.12. The van der Waals surface area contributed by atoms with Crippen LogP contribution in [-0.2, 0) is 14.8 Å². The number of nitrogens with one attached hydrogen (secondary N) is 1. The SMILES string of the molecule is COC(=O)c1ccc(S(=O)(=O)Nc2cc([N+](=O)[O-])ccc2OC)cc1. The number of non-ortho nitro benzene ring substituents is 1. The predicted octanol–water partition coefficient (Wildman–Crippen LogP) is 2.19. The number of carbonyl (C=O) groups excluding carboxylic acids is 1. The minimum absolute atomic E-state index is 0.0752. The summed E-state index contributed by atoms with van der Waals surface area (Å²) in [5.41, 5.74) is -0.178. The van der Waals surface area contributed by atoms with Gasteiger partial charge in [0, 0.05) is 12.1 Å². The van der Waals surface area contributed by atoms with Crippen molar-refractivity contribution < 1.29 is 27.6 Å². The number of methoxy groups -OCH3 is 2. The molecule has 0 heterocycles. The summed E-state index contributed by atoms with van der Waals surface area (Å²) in [6.45, 7) is 0. The number of ether oxygens (including phenoxy) is 2. The number of hydrogen-bond acceptors (Lipinski definition) is 7. The van der Waals surface area contributed by atoms with Crippen molar-refractivity contribution >= 4 is 27.4 Å². The van der Waals surface area contributed by atoms with Gasteiger partial charge in [-0.3, -0.25) is 14.8 Å². The van der Waals surface area contributed by atoms with Crippen LogP contribution in [0.15, 0.2) is 47.4 Å². The molecule has 0 radical (unpaired) electrons. The summed E-state index contributed by atoms with van der Waals surface area (Å²) in [6.07, 6.45) is 0. The molecule has 25 heavy (non-hydrogen) atoms. The first-order valence-electron chi connectivity index (χ1n) is 6.82. The van der Waals surface area contributed by atoms with Gasteiger partial charge in [-0.1, -0.05) is 0 Å². The van der Waals surface area contributed by atoms with Crippen LogP contribution in [0.1, 0.15) is 10.4 Å².